The lowest BCUT2D eigenvalue weighted by molar-refractivity contribution is 0.175. The zero-order chi connectivity index (χ0) is 16.2. The monoisotopic (exact) mass is 318 g/mol. The molecule has 1 aromatic heterocycles. The van der Waals surface area contributed by atoms with Crippen LogP contribution in [0.4, 0.5) is 10.5 Å². The summed E-state index contributed by atoms with van der Waals surface area (Å²) in [6.07, 6.45) is -0.685. The molecule has 0 aliphatic heterocycles. The summed E-state index contributed by atoms with van der Waals surface area (Å²) < 4.78 is 0. The average molecular weight is 318 g/mol. The quantitative estimate of drug-likeness (QED) is 0.800. The van der Waals surface area contributed by atoms with Gasteiger partial charge in [-0.05, 0) is 39.4 Å². The number of urea groups is 1. The van der Waals surface area contributed by atoms with Crippen molar-refractivity contribution in [3.63, 3.8) is 0 Å². The Hall–Kier alpha value is -1.85. The van der Waals surface area contributed by atoms with Gasteiger partial charge in [0.1, 0.15) is 0 Å². The lowest BCUT2D eigenvalue weighted by Crippen LogP contribution is -2.33. The number of nitrogens with one attached hydrogen (secondary N) is 2. The zero-order valence-corrected chi connectivity index (χ0v) is 13.9. The van der Waals surface area contributed by atoms with Crippen LogP contribution in [0.5, 0.6) is 0 Å². The van der Waals surface area contributed by atoms with Gasteiger partial charge in [-0.3, -0.25) is 0 Å². The highest BCUT2D eigenvalue weighted by Crippen LogP contribution is 2.29. The van der Waals surface area contributed by atoms with E-state index in [1.165, 1.54) is 11.3 Å². The van der Waals surface area contributed by atoms with Crippen LogP contribution in [-0.4, -0.2) is 17.7 Å². The summed E-state index contributed by atoms with van der Waals surface area (Å²) in [7, 11) is 0. The van der Waals surface area contributed by atoms with Crippen molar-refractivity contribution in [3.05, 3.63) is 52.2 Å². The van der Waals surface area contributed by atoms with E-state index in [0.29, 0.717) is 0 Å². The number of carbonyl (C=O) groups excluding carboxylic acids is 1. The maximum absolute atomic E-state index is 12.0. The lowest BCUT2D eigenvalue weighted by Gasteiger charge is -2.23. The first kappa shape index (κ1) is 16.5. The van der Waals surface area contributed by atoms with Gasteiger partial charge in [0.25, 0.3) is 0 Å². The lowest BCUT2D eigenvalue weighted by atomic mass is 9.86. The number of anilines is 1. The number of aliphatic hydroxyl groups excluding tert-OH is 1. The SMILES string of the molecule is CC(C)(C)c1ccccc1NC(=O)NCC(O)c1ccsc1. The Bertz CT molecular complexity index is 618. The number of para-hydroxylation sites is 1. The molecule has 4 nitrogen and oxygen atoms in total. The van der Waals surface area contributed by atoms with E-state index in [0.717, 1.165) is 16.8 Å². The number of amides is 2. The van der Waals surface area contributed by atoms with Crippen LogP contribution in [0.3, 0.4) is 0 Å². The van der Waals surface area contributed by atoms with E-state index in [1.54, 1.807) is 0 Å². The summed E-state index contributed by atoms with van der Waals surface area (Å²) >= 11 is 1.52. The van der Waals surface area contributed by atoms with Crippen LogP contribution in [0.2, 0.25) is 0 Å². The summed E-state index contributed by atoms with van der Waals surface area (Å²) in [6.45, 7) is 6.49. The Kier molecular flexibility index (Phi) is 5.21. The Labute approximate surface area is 135 Å². The fourth-order valence-electron chi connectivity index (χ4n) is 2.18. The number of carbonyl (C=O) groups is 1. The fourth-order valence-corrected chi connectivity index (χ4v) is 2.89. The molecule has 1 heterocycles. The first-order chi connectivity index (χ1) is 10.4. The second-order valence-corrected chi connectivity index (χ2v) is 6.98. The van der Waals surface area contributed by atoms with Crippen LogP contribution in [0.1, 0.15) is 38.0 Å². The van der Waals surface area contributed by atoms with Crippen LogP contribution >= 0.6 is 11.3 Å². The Morgan fingerprint density at radius 2 is 2.00 bits per heavy atom. The molecule has 1 unspecified atom stereocenters. The third-order valence-corrected chi connectivity index (χ3v) is 4.07. The summed E-state index contributed by atoms with van der Waals surface area (Å²) in [5.74, 6) is 0. The molecule has 0 saturated heterocycles. The van der Waals surface area contributed by atoms with Gasteiger partial charge in [-0.2, -0.15) is 11.3 Å². The van der Waals surface area contributed by atoms with Crippen molar-refractivity contribution in [2.75, 3.05) is 11.9 Å². The fraction of sp³-hybridized carbons (Fsp3) is 0.353. The number of rotatable bonds is 4. The maximum Gasteiger partial charge on any atom is 0.319 e. The first-order valence-electron chi connectivity index (χ1n) is 7.22. The third-order valence-electron chi connectivity index (χ3n) is 3.37. The molecular formula is C17H22N2O2S. The minimum absolute atomic E-state index is 0.0555. The van der Waals surface area contributed by atoms with E-state index < -0.39 is 6.10 Å². The van der Waals surface area contributed by atoms with Crippen LogP contribution in [0.15, 0.2) is 41.1 Å². The van der Waals surface area contributed by atoms with Gasteiger partial charge < -0.3 is 15.7 Å². The average Bonchev–Trinajstić information content (AvgIpc) is 2.98. The molecule has 0 fully saturated rings. The van der Waals surface area contributed by atoms with Crippen LogP contribution in [0.25, 0.3) is 0 Å². The number of thiophene rings is 1. The highest BCUT2D eigenvalue weighted by atomic mass is 32.1. The summed E-state index contributed by atoms with van der Waals surface area (Å²) in [6, 6.07) is 9.29. The molecule has 3 N–H and O–H groups in total. The molecule has 2 rings (SSSR count). The van der Waals surface area contributed by atoms with Gasteiger partial charge in [0.15, 0.2) is 0 Å². The van der Waals surface area contributed by atoms with E-state index in [9.17, 15) is 9.90 Å². The minimum atomic E-state index is -0.685. The van der Waals surface area contributed by atoms with Crippen LogP contribution in [0, 0.1) is 0 Å². The van der Waals surface area contributed by atoms with E-state index >= 15 is 0 Å². The number of aliphatic hydroxyl groups is 1. The van der Waals surface area contributed by atoms with Gasteiger partial charge in [0, 0.05) is 12.2 Å². The van der Waals surface area contributed by atoms with E-state index in [4.69, 9.17) is 0 Å². The van der Waals surface area contributed by atoms with Gasteiger partial charge in [-0.25, -0.2) is 4.79 Å². The normalized spacial score (nSPS) is 12.7. The highest BCUT2D eigenvalue weighted by Gasteiger charge is 2.18. The molecule has 2 amide bonds. The van der Waals surface area contributed by atoms with Crippen LogP contribution < -0.4 is 10.6 Å². The molecule has 5 heteroatoms. The van der Waals surface area contributed by atoms with Gasteiger partial charge in [0.2, 0.25) is 0 Å². The molecular weight excluding hydrogens is 296 g/mol. The molecule has 0 saturated carbocycles. The van der Waals surface area contributed by atoms with Gasteiger partial charge >= 0.3 is 6.03 Å². The summed E-state index contributed by atoms with van der Waals surface area (Å²) in [4.78, 5) is 12.0. The van der Waals surface area contributed by atoms with Gasteiger partial charge in [-0.15, -0.1) is 0 Å². The predicted octanol–water partition coefficient (Wildman–Crippen LogP) is 3.90. The molecule has 0 radical (unpaired) electrons. The number of hydrogen-bond acceptors (Lipinski definition) is 3. The predicted molar refractivity (Wildman–Crippen MR) is 91.4 cm³/mol. The zero-order valence-electron chi connectivity index (χ0n) is 13.1. The first-order valence-corrected chi connectivity index (χ1v) is 8.17. The Balaban J connectivity index is 1.95. The van der Waals surface area contributed by atoms with Crippen molar-refractivity contribution in [2.45, 2.75) is 32.3 Å². The second-order valence-electron chi connectivity index (χ2n) is 6.20. The summed E-state index contributed by atoms with van der Waals surface area (Å²) in [5, 5.41) is 19.3. The topological polar surface area (TPSA) is 61.4 Å². The van der Waals surface area contributed by atoms with Gasteiger partial charge in [0.05, 0.1) is 6.10 Å². The molecule has 0 bridgehead atoms. The van der Waals surface area contributed by atoms with E-state index in [-0.39, 0.29) is 18.0 Å². The van der Waals surface area contributed by atoms with E-state index in [1.807, 2.05) is 41.1 Å². The van der Waals surface area contributed by atoms with Crippen molar-refractivity contribution in [1.82, 2.24) is 5.32 Å². The largest absolute Gasteiger partial charge is 0.387 e. The molecule has 0 spiro atoms. The molecule has 118 valence electrons. The van der Waals surface area contributed by atoms with E-state index in [2.05, 4.69) is 31.4 Å². The molecule has 1 aromatic carbocycles. The summed E-state index contributed by atoms with van der Waals surface area (Å²) in [5.41, 5.74) is 2.63. The molecule has 2 aromatic rings. The third kappa shape index (κ3) is 4.32. The molecule has 1 atom stereocenters. The standard InChI is InChI=1S/C17H22N2O2S/c1-17(2,3)13-6-4-5-7-14(13)19-16(21)18-10-15(20)12-8-9-22-11-12/h4-9,11,15,20H,10H2,1-3H3,(H2,18,19,21). The van der Waals surface area contributed by atoms with Crippen molar-refractivity contribution in [2.24, 2.45) is 0 Å². The minimum Gasteiger partial charge on any atom is -0.387 e. The number of hydrogen-bond donors (Lipinski definition) is 3. The smallest absolute Gasteiger partial charge is 0.319 e. The molecule has 0 aliphatic rings. The van der Waals surface area contributed by atoms with Crippen molar-refractivity contribution >= 4 is 23.1 Å². The van der Waals surface area contributed by atoms with Crippen molar-refractivity contribution in [3.8, 4) is 0 Å². The molecule has 22 heavy (non-hydrogen) atoms. The Morgan fingerprint density at radius 3 is 2.64 bits per heavy atom. The molecule has 0 aliphatic carbocycles. The highest BCUT2D eigenvalue weighted by molar-refractivity contribution is 7.07. The number of benzene rings is 1. The maximum atomic E-state index is 12.0. The van der Waals surface area contributed by atoms with Gasteiger partial charge in [-0.1, -0.05) is 39.0 Å². The van der Waals surface area contributed by atoms with Crippen LogP contribution in [-0.2, 0) is 5.41 Å². The van der Waals surface area contributed by atoms with Crippen molar-refractivity contribution < 1.29 is 9.90 Å². The Morgan fingerprint density at radius 1 is 1.27 bits per heavy atom. The second kappa shape index (κ2) is 6.94. The van der Waals surface area contributed by atoms with Crippen molar-refractivity contribution in [1.29, 1.82) is 0 Å².